The largest absolute Gasteiger partial charge is 0.385 e. The molecule has 0 radical (unpaired) electrons. The molecule has 0 aliphatic rings. The van der Waals surface area contributed by atoms with E-state index in [9.17, 15) is 13.9 Å². The van der Waals surface area contributed by atoms with Crippen molar-refractivity contribution in [1.29, 1.82) is 0 Å². The summed E-state index contributed by atoms with van der Waals surface area (Å²) in [5, 5.41) is 10.8. The van der Waals surface area contributed by atoms with Gasteiger partial charge in [-0.25, -0.2) is 8.78 Å². The monoisotopic (exact) mass is 282 g/mol. The van der Waals surface area contributed by atoms with Crippen molar-refractivity contribution in [2.24, 2.45) is 0 Å². The first-order valence-electron chi connectivity index (χ1n) is 5.81. The van der Waals surface area contributed by atoms with Gasteiger partial charge in [-0.1, -0.05) is 29.8 Å². The molecule has 1 N–H and O–H groups in total. The molecule has 0 amide bonds. The van der Waals surface area contributed by atoms with Gasteiger partial charge in [0.15, 0.2) is 0 Å². The summed E-state index contributed by atoms with van der Waals surface area (Å²) in [6.07, 6.45) is 0.0323. The average Bonchev–Trinajstić information content (AvgIpc) is 2.34. The van der Waals surface area contributed by atoms with E-state index in [-0.39, 0.29) is 12.0 Å². The normalized spacial score (nSPS) is 14.2. The van der Waals surface area contributed by atoms with Gasteiger partial charge in [-0.15, -0.1) is 0 Å². The summed E-state index contributed by atoms with van der Waals surface area (Å²) in [5.74, 6) is -0.941. The minimum Gasteiger partial charge on any atom is -0.385 e. The van der Waals surface area contributed by atoms with Gasteiger partial charge in [0.25, 0.3) is 0 Å². The SMILES string of the molecule is CC(O)(Cc1cc(F)ccc1Cl)c1ccccc1F. The third-order valence-electron chi connectivity index (χ3n) is 3.00. The molecule has 0 fully saturated rings. The zero-order chi connectivity index (χ0) is 14.0. The van der Waals surface area contributed by atoms with Crippen molar-refractivity contribution >= 4 is 11.6 Å². The minimum absolute atomic E-state index is 0.0323. The third kappa shape index (κ3) is 3.11. The van der Waals surface area contributed by atoms with E-state index >= 15 is 0 Å². The number of hydrogen-bond acceptors (Lipinski definition) is 1. The van der Waals surface area contributed by atoms with E-state index in [2.05, 4.69) is 0 Å². The fraction of sp³-hybridized carbons (Fsp3) is 0.200. The van der Waals surface area contributed by atoms with E-state index in [1.807, 2.05) is 0 Å². The molecule has 100 valence electrons. The molecule has 2 aromatic carbocycles. The second kappa shape index (κ2) is 5.27. The Morgan fingerprint density at radius 3 is 2.53 bits per heavy atom. The molecule has 0 aliphatic heterocycles. The van der Waals surface area contributed by atoms with Crippen LogP contribution in [0.5, 0.6) is 0 Å². The molecule has 1 atom stereocenters. The summed E-state index contributed by atoms with van der Waals surface area (Å²) in [5.41, 5.74) is -0.853. The molecule has 0 bridgehead atoms. The Labute approximate surface area is 115 Å². The van der Waals surface area contributed by atoms with Crippen LogP contribution in [0.4, 0.5) is 8.78 Å². The Balaban J connectivity index is 2.36. The van der Waals surface area contributed by atoms with Crippen LogP contribution in [0, 0.1) is 11.6 Å². The van der Waals surface area contributed by atoms with Gasteiger partial charge in [-0.05, 0) is 36.8 Å². The van der Waals surface area contributed by atoms with Crippen molar-refractivity contribution < 1.29 is 13.9 Å². The third-order valence-corrected chi connectivity index (χ3v) is 3.37. The Kier molecular flexibility index (Phi) is 3.88. The van der Waals surface area contributed by atoms with E-state index in [1.54, 1.807) is 12.1 Å². The van der Waals surface area contributed by atoms with Gasteiger partial charge in [0.2, 0.25) is 0 Å². The molecule has 19 heavy (non-hydrogen) atoms. The highest BCUT2D eigenvalue weighted by Crippen LogP contribution is 2.30. The van der Waals surface area contributed by atoms with E-state index < -0.39 is 17.2 Å². The molecule has 0 saturated carbocycles. The van der Waals surface area contributed by atoms with E-state index in [0.29, 0.717) is 10.6 Å². The van der Waals surface area contributed by atoms with Crippen molar-refractivity contribution in [2.75, 3.05) is 0 Å². The first-order valence-corrected chi connectivity index (χ1v) is 6.19. The molecule has 2 rings (SSSR count). The molecule has 0 spiro atoms. The van der Waals surface area contributed by atoms with Crippen molar-refractivity contribution in [1.82, 2.24) is 0 Å². The molecular weight excluding hydrogens is 270 g/mol. The van der Waals surface area contributed by atoms with Crippen molar-refractivity contribution in [3.05, 3.63) is 70.2 Å². The van der Waals surface area contributed by atoms with Crippen LogP contribution < -0.4 is 0 Å². The standard InChI is InChI=1S/C15H13ClF2O/c1-15(19,12-4-2-3-5-14(12)18)9-10-8-11(17)6-7-13(10)16/h2-8,19H,9H2,1H3. The summed E-state index contributed by atoms with van der Waals surface area (Å²) in [4.78, 5) is 0. The Bertz CT molecular complexity index is 596. The van der Waals surface area contributed by atoms with Crippen LogP contribution in [0.25, 0.3) is 0 Å². The van der Waals surface area contributed by atoms with Crippen molar-refractivity contribution in [3.8, 4) is 0 Å². The van der Waals surface area contributed by atoms with Gasteiger partial charge in [0.1, 0.15) is 11.6 Å². The van der Waals surface area contributed by atoms with Crippen LogP contribution in [0.3, 0.4) is 0 Å². The highest BCUT2D eigenvalue weighted by Gasteiger charge is 2.27. The van der Waals surface area contributed by atoms with Gasteiger partial charge in [-0.3, -0.25) is 0 Å². The van der Waals surface area contributed by atoms with Crippen LogP contribution in [0.15, 0.2) is 42.5 Å². The molecule has 1 nitrogen and oxygen atoms in total. The average molecular weight is 283 g/mol. The van der Waals surface area contributed by atoms with Gasteiger partial charge in [0, 0.05) is 17.0 Å². The smallest absolute Gasteiger partial charge is 0.129 e. The van der Waals surface area contributed by atoms with Crippen LogP contribution in [-0.2, 0) is 12.0 Å². The first-order chi connectivity index (χ1) is 8.90. The second-order valence-corrected chi connectivity index (χ2v) is 5.07. The summed E-state index contributed by atoms with van der Waals surface area (Å²) >= 11 is 5.96. The topological polar surface area (TPSA) is 20.2 Å². The van der Waals surface area contributed by atoms with Crippen molar-refractivity contribution in [3.63, 3.8) is 0 Å². The maximum absolute atomic E-state index is 13.7. The quantitative estimate of drug-likeness (QED) is 0.900. The van der Waals surface area contributed by atoms with Crippen molar-refractivity contribution in [2.45, 2.75) is 18.9 Å². The molecule has 0 saturated heterocycles. The summed E-state index contributed by atoms with van der Waals surface area (Å²) in [6.45, 7) is 1.48. The number of hydrogen-bond donors (Lipinski definition) is 1. The number of benzene rings is 2. The van der Waals surface area contributed by atoms with Crippen LogP contribution in [0.1, 0.15) is 18.1 Å². The van der Waals surface area contributed by atoms with Gasteiger partial charge in [0.05, 0.1) is 5.60 Å². The number of rotatable bonds is 3. The molecule has 1 unspecified atom stereocenters. The van der Waals surface area contributed by atoms with E-state index in [1.165, 1.54) is 37.3 Å². The molecule has 4 heteroatoms. The van der Waals surface area contributed by atoms with Crippen LogP contribution in [-0.4, -0.2) is 5.11 Å². The van der Waals surface area contributed by atoms with E-state index in [4.69, 9.17) is 11.6 Å². The lowest BCUT2D eigenvalue weighted by molar-refractivity contribution is 0.0538. The predicted molar refractivity (Wildman–Crippen MR) is 71.1 cm³/mol. The molecule has 0 aliphatic carbocycles. The zero-order valence-electron chi connectivity index (χ0n) is 10.3. The fourth-order valence-electron chi connectivity index (χ4n) is 2.04. The molecular formula is C15H13ClF2O. The lowest BCUT2D eigenvalue weighted by atomic mass is 9.88. The maximum atomic E-state index is 13.7. The molecule has 0 heterocycles. The highest BCUT2D eigenvalue weighted by molar-refractivity contribution is 6.31. The van der Waals surface area contributed by atoms with Crippen LogP contribution in [0.2, 0.25) is 5.02 Å². The molecule has 2 aromatic rings. The van der Waals surface area contributed by atoms with Gasteiger partial charge >= 0.3 is 0 Å². The molecule has 0 aromatic heterocycles. The minimum atomic E-state index is -1.46. The first kappa shape index (κ1) is 14.0. The van der Waals surface area contributed by atoms with Gasteiger partial charge < -0.3 is 5.11 Å². The summed E-state index contributed by atoms with van der Waals surface area (Å²) in [6, 6.07) is 9.87. The fourth-order valence-corrected chi connectivity index (χ4v) is 2.23. The van der Waals surface area contributed by atoms with Crippen LogP contribution >= 0.6 is 11.6 Å². The summed E-state index contributed by atoms with van der Waals surface area (Å²) < 4.78 is 26.9. The Morgan fingerprint density at radius 2 is 1.84 bits per heavy atom. The Morgan fingerprint density at radius 1 is 1.16 bits per heavy atom. The lowest BCUT2D eigenvalue weighted by Crippen LogP contribution is -2.25. The Hall–Kier alpha value is -1.45. The predicted octanol–water partition coefficient (Wildman–Crippen LogP) is 4.07. The summed E-state index contributed by atoms with van der Waals surface area (Å²) in [7, 11) is 0. The highest BCUT2D eigenvalue weighted by atomic mass is 35.5. The maximum Gasteiger partial charge on any atom is 0.129 e. The number of aliphatic hydroxyl groups is 1. The second-order valence-electron chi connectivity index (χ2n) is 4.67. The number of halogens is 3. The van der Waals surface area contributed by atoms with Gasteiger partial charge in [-0.2, -0.15) is 0 Å². The van der Waals surface area contributed by atoms with E-state index in [0.717, 1.165) is 0 Å². The lowest BCUT2D eigenvalue weighted by Gasteiger charge is -2.25. The zero-order valence-corrected chi connectivity index (χ0v) is 11.1.